The molecule has 1 aromatic rings. The smallest absolute Gasteiger partial charge is 0.120 e. The fourth-order valence-electron chi connectivity index (χ4n) is 2.63. The first-order valence-electron chi connectivity index (χ1n) is 6.50. The number of likely N-dealkylation sites (N-methyl/N-ethyl adjacent to an activating group) is 1. The highest BCUT2D eigenvalue weighted by Crippen LogP contribution is 2.19. The van der Waals surface area contributed by atoms with Gasteiger partial charge in [-0.1, -0.05) is 30.3 Å². The monoisotopic (exact) mass is 250 g/mol. The minimum atomic E-state index is -0.504. The van der Waals surface area contributed by atoms with Gasteiger partial charge in [0.05, 0.1) is 12.6 Å². The molecule has 0 aromatic heterocycles. The lowest BCUT2D eigenvalue weighted by Gasteiger charge is -2.25. The lowest BCUT2D eigenvalue weighted by atomic mass is 10.0. The highest BCUT2D eigenvalue weighted by atomic mass is 16.3. The van der Waals surface area contributed by atoms with Crippen molar-refractivity contribution >= 4 is 0 Å². The van der Waals surface area contributed by atoms with Gasteiger partial charge in [0.1, 0.15) is 6.23 Å². The second-order valence-electron chi connectivity index (χ2n) is 5.01. The summed E-state index contributed by atoms with van der Waals surface area (Å²) < 4.78 is 0. The van der Waals surface area contributed by atoms with E-state index in [2.05, 4.69) is 17.4 Å². The van der Waals surface area contributed by atoms with Crippen molar-refractivity contribution in [2.45, 2.75) is 31.2 Å². The van der Waals surface area contributed by atoms with E-state index in [9.17, 15) is 5.11 Å². The molecule has 2 rings (SSSR count). The number of nitrogens with zero attached hydrogens (tertiary/aromatic N) is 1. The lowest BCUT2D eigenvalue weighted by Crippen LogP contribution is -2.42. The maximum atomic E-state index is 10.0. The Labute approximate surface area is 108 Å². The van der Waals surface area contributed by atoms with E-state index >= 15 is 0 Å². The Morgan fingerprint density at radius 1 is 1.33 bits per heavy atom. The zero-order valence-corrected chi connectivity index (χ0v) is 10.8. The Morgan fingerprint density at radius 3 is 2.72 bits per heavy atom. The van der Waals surface area contributed by atoms with E-state index in [1.165, 1.54) is 5.56 Å². The average Bonchev–Trinajstić information content (AvgIpc) is 2.72. The zero-order valence-electron chi connectivity index (χ0n) is 10.8. The average molecular weight is 250 g/mol. The normalized spacial score (nSPS) is 27.9. The second kappa shape index (κ2) is 6.29. The molecule has 1 aromatic carbocycles. The molecule has 0 bridgehead atoms. The second-order valence-corrected chi connectivity index (χ2v) is 5.01. The van der Waals surface area contributed by atoms with Crippen molar-refractivity contribution in [3.63, 3.8) is 0 Å². The molecule has 1 aliphatic heterocycles. The first-order valence-corrected chi connectivity index (χ1v) is 6.50. The topological polar surface area (TPSA) is 55.7 Å². The highest BCUT2D eigenvalue weighted by Gasteiger charge is 2.34. The molecule has 1 aliphatic rings. The predicted octanol–water partition coefficient (Wildman–Crippen LogP) is 0.202. The molecule has 0 amide bonds. The number of benzene rings is 1. The molecule has 0 saturated carbocycles. The summed E-state index contributed by atoms with van der Waals surface area (Å²) in [6, 6.07) is 10.7. The molecule has 3 atom stereocenters. The van der Waals surface area contributed by atoms with Crippen molar-refractivity contribution in [2.75, 3.05) is 20.2 Å². The van der Waals surface area contributed by atoms with Crippen LogP contribution in [0.15, 0.2) is 30.3 Å². The van der Waals surface area contributed by atoms with Crippen LogP contribution in [0.25, 0.3) is 0 Å². The summed E-state index contributed by atoms with van der Waals surface area (Å²) in [6.07, 6.45) is 1.34. The minimum absolute atomic E-state index is 0.0888. The maximum Gasteiger partial charge on any atom is 0.120 e. The van der Waals surface area contributed by atoms with E-state index in [0.29, 0.717) is 12.6 Å². The van der Waals surface area contributed by atoms with Gasteiger partial charge in [0, 0.05) is 12.6 Å². The largest absolute Gasteiger partial charge is 0.395 e. The molecule has 0 radical (unpaired) electrons. The fraction of sp³-hybridized carbons (Fsp3) is 0.571. The Hall–Kier alpha value is -0.940. The molecule has 1 fully saturated rings. The van der Waals surface area contributed by atoms with Gasteiger partial charge in [0.25, 0.3) is 0 Å². The number of hydrogen-bond donors (Lipinski definition) is 3. The molecule has 4 nitrogen and oxygen atoms in total. The number of hydrogen-bond acceptors (Lipinski definition) is 4. The molecule has 18 heavy (non-hydrogen) atoms. The van der Waals surface area contributed by atoms with Gasteiger partial charge in [-0.3, -0.25) is 10.2 Å². The van der Waals surface area contributed by atoms with Crippen LogP contribution in [-0.2, 0) is 6.42 Å². The summed E-state index contributed by atoms with van der Waals surface area (Å²) in [5.74, 6) is 0. The third-order valence-electron chi connectivity index (χ3n) is 3.64. The molecule has 100 valence electrons. The first-order chi connectivity index (χ1) is 8.70. The van der Waals surface area contributed by atoms with Crippen LogP contribution >= 0.6 is 0 Å². The van der Waals surface area contributed by atoms with E-state index in [1.54, 1.807) is 0 Å². The number of aliphatic hydroxyl groups is 2. The first kappa shape index (κ1) is 13.5. The molecule has 4 heteroatoms. The van der Waals surface area contributed by atoms with Crippen LogP contribution in [0, 0.1) is 0 Å². The zero-order chi connectivity index (χ0) is 13.0. The lowest BCUT2D eigenvalue weighted by molar-refractivity contribution is 0.0626. The standard InChI is InChI=1S/C14H22N2O2/c1-16(7-8-17)13-10-12(15-14(13)18)9-11-5-3-2-4-6-11/h2-6,12-15,17-18H,7-10H2,1H3. The van der Waals surface area contributed by atoms with Crippen LogP contribution in [0.1, 0.15) is 12.0 Å². The molecule has 1 heterocycles. The van der Waals surface area contributed by atoms with Gasteiger partial charge in [-0.2, -0.15) is 0 Å². The van der Waals surface area contributed by atoms with E-state index in [-0.39, 0.29) is 12.6 Å². The van der Waals surface area contributed by atoms with Crippen molar-refractivity contribution < 1.29 is 10.2 Å². The molecule has 3 N–H and O–H groups in total. The van der Waals surface area contributed by atoms with Crippen LogP contribution in [0.2, 0.25) is 0 Å². The molecular formula is C14H22N2O2. The Balaban J connectivity index is 1.90. The van der Waals surface area contributed by atoms with Gasteiger partial charge in [-0.25, -0.2) is 0 Å². The molecule has 0 aliphatic carbocycles. The van der Waals surface area contributed by atoms with Gasteiger partial charge in [0.15, 0.2) is 0 Å². The summed E-state index contributed by atoms with van der Waals surface area (Å²) in [7, 11) is 1.94. The minimum Gasteiger partial charge on any atom is -0.395 e. The Bertz CT molecular complexity index is 358. The van der Waals surface area contributed by atoms with Crippen molar-refractivity contribution in [2.24, 2.45) is 0 Å². The number of rotatable bonds is 5. The van der Waals surface area contributed by atoms with Gasteiger partial charge >= 0.3 is 0 Å². The van der Waals surface area contributed by atoms with Crippen LogP contribution < -0.4 is 5.32 Å². The highest BCUT2D eigenvalue weighted by molar-refractivity contribution is 5.16. The fourth-order valence-corrected chi connectivity index (χ4v) is 2.63. The molecule has 3 unspecified atom stereocenters. The predicted molar refractivity (Wildman–Crippen MR) is 71.2 cm³/mol. The summed E-state index contributed by atoms with van der Waals surface area (Å²) in [5.41, 5.74) is 1.28. The van der Waals surface area contributed by atoms with E-state index < -0.39 is 6.23 Å². The van der Waals surface area contributed by atoms with Gasteiger partial charge in [0.2, 0.25) is 0 Å². The van der Waals surface area contributed by atoms with E-state index in [0.717, 1.165) is 12.8 Å². The van der Waals surface area contributed by atoms with Crippen molar-refractivity contribution in [3.05, 3.63) is 35.9 Å². The van der Waals surface area contributed by atoms with E-state index in [1.807, 2.05) is 30.1 Å². The quantitative estimate of drug-likeness (QED) is 0.699. The van der Waals surface area contributed by atoms with E-state index in [4.69, 9.17) is 5.11 Å². The van der Waals surface area contributed by atoms with Gasteiger partial charge < -0.3 is 10.2 Å². The van der Waals surface area contributed by atoms with Crippen LogP contribution in [0.5, 0.6) is 0 Å². The third kappa shape index (κ3) is 3.29. The Kier molecular flexibility index (Phi) is 4.72. The van der Waals surface area contributed by atoms with Crippen molar-refractivity contribution in [3.8, 4) is 0 Å². The molecule has 1 saturated heterocycles. The molecular weight excluding hydrogens is 228 g/mol. The summed E-state index contributed by atoms with van der Waals surface area (Å²) in [4.78, 5) is 2.02. The SMILES string of the molecule is CN(CCO)C1CC(Cc2ccccc2)NC1O. The molecule has 0 spiro atoms. The van der Waals surface area contributed by atoms with Crippen LogP contribution in [-0.4, -0.2) is 53.6 Å². The van der Waals surface area contributed by atoms with Crippen molar-refractivity contribution in [1.29, 1.82) is 0 Å². The number of nitrogens with one attached hydrogen (secondary N) is 1. The van der Waals surface area contributed by atoms with Crippen LogP contribution in [0.3, 0.4) is 0 Å². The summed E-state index contributed by atoms with van der Waals surface area (Å²) in [5, 5.41) is 22.2. The summed E-state index contributed by atoms with van der Waals surface area (Å²) in [6.45, 7) is 0.727. The third-order valence-corrected chi connectivity index (χ3v) is 3.64. The van der Waals surface area contributed by atoms with Crippen LogP contribution in [0.4, 0.5) is 0 Å². The Morgan fingerprint density at radius 2 is 2.06 bits per heavy atom. The van der Waals surface area contributed by atoms with Gasteiger partial charge in [-0.15, -0.1) is 0 Å². The maximum absolute atomic E-state index is 10.0. The number of aliphatic hydroxyl groups excluding tert-OH is 2. The van der Waals surface area contributed by atoms with Crippen molar-refractivity contribution in [1.82, 2.24) is 10.2 Å². The summed E-state index contributed by atoms with van der Waals surface area (Å²) >= 11 is 0. The van der Waals surface area contributed by atoms with Gasteiger partial charge in [-0.05, 0) is 25.5 Å².